The van der Waals surface area contributed by atoms with Crippen molar-refractivity contribution < 1.29 is 8.42 Å². The molecule has 0 radical (unpaired) electrons. The number of primary sulfonamides is 1. The van der Waals surface area contributed by atoms with Gasteiger partial charge in [-0.2, -0.15) is 0 Å². The highest BCUT2D eigenvalue weighted by Gasteiger charge is 2.03. The van der Waals surface area contributed by atoms with Gasteiger partial charge in [-0.25, -0.2) is 13.6 Å². The van der Waals surface area contributed by atoms with E-state index in [1.807, 2.05) is 0 Å². The van der Waals surface area contributed by atoms with E-state index in [9.17, 15) is 8.42 Å². The van der Waals surface area contributed by atoms with Crippen LogP contribution in [0.2, 0.25) is 0 Å². The van der Waals surface area contributed by atoms with Crippen LogP contribution >= 0.6 is 0 Å². The molecule has 0 aliphatic carbocycles. The van der Waals surface area contributed by atoms with Crippen LogP contribution in [0.5, 0.6) is 0 Å². The van der Waals surface area contributed by atoms with Gasteiger partial charge in [-0.15, -0.1) is 0 Å². The molecule has 0 spiro atoms. The Morgan fingerprint density at radius 1 is 1.33 bits per heavy atom. The summed E-state index contributed by atoms with van der Waals surface area (Å²) >= 11 is 0. The maximum atomic E-state index is 10.5. The van der Waals surface area contributed by atoms with E-state index in [-0.39, 0.29) is 5.75 Å². The van der Waals surface area contributed by atoms with Crippen LogP contribution in [-0.4, -0.2) is 14.2 Å². The number of hydrogen-bond donors (Lipinski definition) is 1. The van der Waals surface area contributed by atoms with Gasteiger partial charge in [0.15, 0.2) is 0 Å². The molecule has 0 rings (SSSR count). The van der Waals surface area contributed by atoms with Gasteiger partial charge >= 0.3 is 0 Å². The fraction of sp³-hybridized carbons (Fsp3) is 1.00. The Balaban J connectivity index is 3.34. The van der Waals surface area contributed by atoms with E-state index >= 15 is 0 Å². The largest absolute Gasteiger partial charge is 0.229 e. The fourth-order valence-electron chi connectivity index (χ4n) is 1.00. The Morgan fingerprint density at radius 3 is 2.33 bits per heavy atom. The first-order valence-corrected chi connectivity index (χ1v) is 6.17. The number of hydrogen-bond acceptors (Lipinski definition) is 2. The van der Waals surface area contributed by atoms with Crippen LogP contribution in [0.1, 0.15) is 39.5 Å². The van der Waals surface area contributed by atoms with Gasteiger partial charge in [-0.3, -0.25) is 0 Å². The minimum Gasteiger partial charge on any atom is -0.229 e. The normalized spacial score (nSPS) is 14.6. The summed E-state index contributed by atoms with van der Waals surface area (Å²) in [6.45, 7) is 4.32. The van der Waals surface area contributed by atoms with Crippen molar-refractivity contribution in [3.8, 4) is 0 Å². The smallest absolute Gasteiger partial charge is 0.209 e. The number of rotatable bonds is 6. The summed E-state index contributed by atoms with van der Waals surface area (Å²) in [4.78, 5) is 0. The van der Waals surface area contributed by atoms with E-state index in [1.165, 1.54) is 0 Å². The molecule has 0 saturated heterocycles. The second kappa shape index (κ2) is 5.54. The molecular formula is C8H19NO2S. The quantitative estimate of drug-likeness (QED) is 0.650. The third-order valence-electron chi connectivity index (χ3n) is 2.07. The third-order valence-corrected chi connectivity index (χ3v) is 2.93. The van der Waals surface area contributed by atoms with Crippen LogP contribution in [0.25, 0.3) is 0 Å². The van der Waals surface area contributed by atoms with Crippen LogP contribution < -0.4 is 5.14 Å². The molecule has 0 aliphatic rings. The zero-order chi connectivity index (χ0) is 9.61. The van der Waals surface area contributed by atoms with Crippen molar-refractivity contribution in [3.05, 3.63) is 0 Å². The summed E-state index contributed by atoms with van der Waals surface area (Å²) in [5.41, 5.74) is 0. The molecule has 3 nitrogen and oxygen atoms in total. The molecule has 0 amide bonds. The van der Waals surface area contributed by atoms with Gasteiger partial charge in [0.1, 0.15) is 0 Å². The lowest BCUT2D eigenvalue weighted by Crippen LogP contribution is -2.16. The van der Waals surface area contributed by atoms with E-state index < -0.39 is 10.0 Å². The molecule has 1 unspecified atom stereocenters. The first-order valence-electron chi connectivity index (χ1n) is 4.46. The van der Waals surface area contributed by atoms with Crippen molar-refractivity contribution in [2.24, 2.45) is 11.1 Å². The second-order valence-corrected chi connectivity index (χ2v) is 5.11. The lowest BCUT2D eigenvalue weighted by molar-refractivity contribution is 0.490. The van der Waals surface area contributed by atoms with Crippen LogP contribution in [0.4, 0.5) is 0 Å². The Morgan fingerprint density at radius 2 is 1.92 bits per heavy atom. The molecule has 0 fully saturated rings. The minimum absolute atomic E-state index is 0.128. The maximum Gasteiger partial charge on any atom is 0.209 e. The molecule has 1 atom stereocenters. The summed E-state index contributed by atoms with van der Waals surface area (Å²) < 4.78 is 21.0. The van der Waals surface area contributed by atoms with Crippen molar-refractivity contribution >= 4 is 10.0 Å². The number of nitrogens with two attached hydrogens (primary N) is 1. The predicted molar refractivity (Wildman–Crippen MR) is 51.3 cm³/mol. The monoisotopic (exact) mass is 193 g/mol. The van der Waals surface area contributed by atoms with E-state index in [1.54, 1.807) is 0 Å². The summed E-state index contributed by atoms with van der Waals surface area (Å²) in [6, 6.07) is 0. The van der Waals surface area contributed by atoms with Crippen LogP contribution in [0.15, 0.2) is 0 Å². The molecule has 0 saturated carbocycles. The first kappa shape index (κ1) is 11.9. The predicted octanol–water partition coefficient (Wildman–Crippen LogP) is 1.49. The highest BCUT2D eigenvalue weighted by atomic mass is 32.2. The zero-order valence-electron chi connectivity index (χ0n) is 7.91. The number of sulfonamides is 1. The van der Waals surface area contributed by atoms with Crippen molar-refractivity contribution in [1.82, 2.24) is 0 Å². The van der Waals surface area contributed by atoms with E-state index in [0.717, 1.165) is 19.3 Å². The zero-order valence-corrected chi connectivity index (χ0v) is 8.73. The van der Waals surface area contributed by atoms with Gasteiger partial charge < -0.3 is 0 Å². The van der Waals surface area contributed by atoms with Crippen molar-refractivity contribution in [1.29, 1.82) is 0 Å². The van der Waals surface area contributed by atoms with Crippen molar-refractivity contribution in [2.75, 3.05) is 5.75 Å². The van der Waals surface area contributed by atoms with Crippen LogP contribution in [-0.2, 0) is 10.0 Å². The summed E-state index contributed by atoms with van der Waals surface area (Å²) in [6.07, 6.45) is 3.93. The van der Waals surface area contributed by atoms with E-state index in [4.69, 9.17) is 5.14 Å². The van der Waals surface area contributed by atoms with E-state index in [0.29, 0.717) is 12.3 Å². The Bertz CT molecular complexity index is 199. The molecule has 74 valence electrons. The van der Waals surface area contributed by atoms with Gasteiger partial charge in [-0.05, 0) is 12.3 Å². The second-order valence-electron chi connectivity index (χ2n) is 3.38. The first-order chi connectivity index (χ1) is 5.45. The summed E-state index contributed by atoms with van der Waals surface area (Å²) in [7, 11) is -3.23. The lowest BCUT2D eigenvalue weighted by atomic mass is 10.0. The SMILES string of the molecule is CCC(C)CCCCS(N)(=O)=O. The molecule has 0 aromatic rings. The molecule has 0 aromatic carbocycles. The minimum atomic E-state index is -3.23. The van der Waals surface area contributed by atoms with Gasteiger partial charge in [0.05, 0.1) is 5.75 Å². The maximum absolute atomic E-state index is 10.5. The van der Waals surface area contributed by atoms with Gasteiger partial charge in [0.25, 0.3) is 0 Å². The molecule has 0 bridgehead atoms. The number of unbranched alkanes of at least 4 members (excludes halogenated alkanes) is 1. The Kier molecular flexibility index (Phi) is 5.50. The van der Waals surface area contributed by atoms with Crippen molar-refractivity contribution in [3.63, 3.8) is 0 Å². The average molecular weight is 193 g/mol. The van der Waals surface area contributed by atoms with Gasteiger partial charge in [0.2, 0.25) is 10.0 Å². The Labute approximate surface area is 75.4 Å². The molecule has 0 aromatic heterocycles. The van der Waals surface area contributed by atoms with Crippen LogP contribution in [0.3, 0.4) is 0 Å². The average Bonchev–Trinajstić information content (AvgIpc) is 1.96. The van der Waals surface area contributed by atoms with Gasteiger partial charge in [0, 0.05) is 0 Å². The van der Waals surface area contributed by atoms with Crippen molar-refractivity contribution in [2.45, 2.75) is 39.5 Å². The molecule has 4 heteroatoms. The standard InChI is InChI=1S/C8H19NO2S/c1-3-8(2)6-4-5-7-12(9,10)11/h8H,3-7H2,1-2H3,(H2,9,10,11). The lowest BCUT2D eigenvalue weighted by Gasteiger charge is -2.06. The highest BCUT2D eigenvalue weighted by Crippen LogP contribution is 2.10. The molecule has 0 aliphatic heterocycles. The van der Waals surface area contributed by atoms with Crippen LogP contribution in [0, 0.1) is 5.92 Å². The van der Waals surface area contributed by atoms with E-state index in [2.05, 4.69) is 13.8 Å². The summed E-state index contributed by atoms with van der Waals surface area (Å²) in [5, 5.41) is 4.86. The Hall–Kier alpha value is -0.0900. The topological polar surface area (TPSA) is 60.2 Å². The molecule has 2 N–H and O–H groups in total. The summed E-state index contributed by atoms with van der Waals surface area (Å²) in [5.74, 6) is 0.828. The third kappa shape index (κ3) is 8.01. The highest BCUT2D eigenvalue weighted by molar-refractivity contribution is 7.89. The molecule has 12 heavy (non-hydrogen) atoms. The fourth-order valence-corrected chi connectivity index (χ4v) is 1.61. The molecule has 0 heterocycles. The molecular weight excluding hydrogens is 174 g/mol. The van der Waals surface area contributed by atoms with Gasteiger partial charge in [-0.1, -0.05) is 33.1 Å².